The van der Waals surface area contributed by atoms with Gasteiger partial charge in [-0.05, 0) is 32.0 Å². The number of thiazole rings is 1. The van der Waals surface area contributed by atoms with Crippen molar-refractivity contribution in [3.8, 4) is 22.8 Å². The zero-order valence-corrected chi connectivity index (χ0v) is 13.2. The molecule has 0 saturated heterocycles. The van der Waals surface area contributed by atoms with Gasteiger partial charge in [0, 0.05) is 10.4 Å². The minimum Gasteiger partial charge on any atom is -0.493 e. The van der Waals surface area contributed by atoms with Gasteiger partial charge in [0.15, 0.2) is 16.5 Å². The number of imidazole rings is 1. The summed E-state index contributed by atoms with van der Waals surface area (Å²) in [6, 6.07) is 5.86. The summed E-state index contributed by atoms with van der Waals surface area (Å²) < 4.78 is 12.7. The van der Waals surface area contributed by atoms with E-state index in [1.807, 2.05) is 29.5 Å². The maximum atomic E-state index is 6.17. The molecule has 0 spiro atoms. The van der Waals surface area contributed by atoms with Gasteiger partial charge in [0.25, 0.3) is 0 Å². The van der Waals surface area contributed by atoms with E-state index in [0.717, 1.165) is 26.8 Å². The van der Waals surface area contributed by atoms with E-state index in [2.05, 4.69) is 11.9 Å². The van der Waals surface area contributed by atoms with Crippen LogP contribution in [-0.4, -0.2) is 23.6 Å². The predicted octanol–water partition coefficient (Wildman–Crippen LogP) is 3.28. The number of ether oxygens (including phenoxy) is 2. The average molecular weight is 303 g/mol. The Labute approximate surface area is 126 Å². The summed E-state index contributed by atoms with van der Waals surface area (Å²) in [5.74, 6) is 2.09. The highest BCUT2D eigenvalue weighted by molar-refractivity contribution is 7.17. The van der Waals surface area contributed by atoms with Crippen molar-refractivity contribution in [1.29, 1.82) is 0 Å². The summed E-state index contributed by atoms with van der Waals surface area (Å²) >= 11 is 1.63. The third-order valence-electron chi connectivity index (χ3n) is 3.52. The van der Waals surface area contributed by atoms with Crippen LogP contribution in [-0.2, 0) is 0 Å². The highest BCUT2D eigenvalue weighted by atomic mass is 32.1. The van der Waals surface area contributed by atoms with E-state index in [0.29, 0.717) is 17.3 Å². The van der Waals surface area contributed by atoms with E-state index in [1.54, 1.807) is 25.6 Å². The Bertz CT molecular complexity index is 820. The number of hydrogen-bond donors (Lipinski definition) is 1. The van der Waals surface area contributed by atoms with E-state index in [9.17, 15) is 0 Å². The zero-order chi connectivity index (χ0) is 15.1. The van der Waals surface area contributed by atoms with Gasteiger partial charge in [-0.3, -0.25) is 4.40 Å². The van der Waals surface area contributed by atoms with Crippen molar-refractivity contribution in [2.24, 2.45) is 0 Å². The Hall–Kier alpha value is -2.21. The Morgan fingerprint density at radius 2 is 1.86 bits per heavy atom. The summed E-state index contributed by atoms with van der Waals surface area (Å²) in [6.45, 7) is 3.99. The molecule has 3 aromatic rings. The van der Waals surface area contributed by atoms with Gasteiger partial charge in [0.05, 0.1) is 25.6 Å². The second kappa shape index (κ2) is 4.96. The molecule has 2 heterocycles. The minimum absolute atomic E-state index is 0.680. The second-order valence-corrected chi connectivity index (χ2v) is 5.96. The predicted molar refractivity (Wildman–Crippen MR) is 85.5 cm³/mol. The van der Waals surface area contributed by atoms with E-state index in [4.69, 9.17) is 15.2 Å². The van der Waals surface area contributed by atoms with E-state index >= 15 is 0 Å². The normalized spacial score (nSPS) is 11.0. The first-order valence-corrected chi connectivity index (χ1v) is 7.34. The molecule has 2 N–H and O–H groups in total. The van der Waals surface area contributed by atoms with Gasteiger partial charge >= 0.3 is 0 Å². The van der Waals surface area contributed by atoms with Crippen LogP contribution in [0.2, 0.25) is 0 Å². The molecule has 2 aromatic heterocycles. The highest BCUT2D eigenvalue weighted by Gasteiger charge is 2.18. The molecule has 0 amide bonds. The fourth-order valence-corrected chi connectivity index (χ4v) is 3.50. The van der Waals surface area contributed by atoms with Crippen LogP contribution in [0.5, 0.6) is 11.5 Å². The second-order valence-electron chi connectivity index (χ2n) is 4.78. The molecule has 0 aliphatic carbocycles. The molecule has 0 bridgehead atoms. The number of nitrogens with two attached hydrogens (primary N) is 1. The van der Waals surface area contributed by atoms with Crippen LogP contribution in [0.25, 0.3) is 16.2 Å². The lowest BCUT2D eigenvalue weighted by Crippen LogP contribution is -1.97. The first-order chi connectivity index (χ1) is 10.1. The molecule has 21 heavy (non-hydrogen) atoms. The number of aryl methyl sites for hydroxylation is 2. The van der Waals surface area contributed by atoms with Gasteiger partial charge in [0.2, 0.25) is 0 Å². The molecule has 0 saturated carbocycles. The molecule has 6 heteroatoms. The summed E-state index contributed by atoms with van der Waals surface area (Å²) in [5.41, 5.74) is 9.10. The highest BCUT2D eigenvalue weighted by Crippen LogP contribution is 2.38. The smallest absolute Gasteiger partial charge is 0.196 e. The molecular formula is C15H17N3O2S. The van der Waals surface area contributed by atoms with Crippen molar-refractivity contribution >= 4 is 22.1 Å². The fourth-order valence-electron chi connectivity index (χ4n) is 2.46. The van der Waals surface area contributed by atoms with Gasteiger partial charge in [-0.25, -0.2) is 4.98 Å². The van der Waals surface area contributed by atoms with Crippen LogP contribution < -0.4 is 15.2 Å². The van der Waals surface area contributed by atoms with Gasteiger partial charge in [-0.2, -0.15) is 0 Å². The quantitative estimate of drug-likeness (QED) is 0.806. The molecule has 0 aliphatic heterocycles. The number of hydrogen-bond acceptors (Lipinski definition) is 5. The number of nitrogens with zero attached hydrogens (tertiary/aromatic N) is 2. The van der Waals surface area contributed by atoms with Crippen LogP contribution in [0.3, 0.4) is 0 Å². The van der Waals surface area contributed by atoms with Crippen LogP contribution in [0.4, 0.5) is 5.82 Å². The van der Waals surface area contributed by atoms with Gasteiger partial charge in [-0.1, -0.05) is 0 Å². The molecular weight excluding hydrogens is 286 g/mol. The van der Waals surface area contributed by atoms with Gasteiger partial charge < -0.3 is 15.2 Å². The Kier molecular flexibility index (Phi) is 3.25. The van der Waals surface area contributed by atoms with Crippen LogP contribution in [0.15, 0.2) is 18.2 Å². The lowest BCUT2D eigenvalue weighted by atomic mass is 10.1. The lowest BCUT2D eigenvalue weighted by Gasteiger charge is -2.10. The molecule has 0 atom stereocenters. The third-order valence-corrected chi connectivity index (χ3v) is 4.48. The van der Waals surface area contributed by atoms with E-state index < -0.39 is 0 Å². The molecule has 0 radical (unpaired) electrons. The van der Waals surface area contributed by atoms with E-state index in [1.165, 1.54) is 0 Å². The minimum atomic E-state index is 0.680. The number of anilines is 1. The average Bonchev–Trinajstić information content (AvgIpc) is 2.94. The topological polar surface area (TPSA) is 61.8 Å². The van der Waals surface area contributed by atoms with Crippen molar-refractivity contribution in [3.63, 3.8) is 0 Å². The number of benzene rings is 1. The van der Waals surface area contributed by atoms with Gasteiger partial charge in [0.1, 0.15) is 5.82 Å². The molecule has 110 valence electrons. The standard InChI is InChI=1S/C15H17N3O2S/c1-8-14(16)18-13(9(2)21-15(18)17-8)10-5-6-11(19-3)12(7-10)20-4/h5-7H,16H2,1-4H3. The van der Waals surface area contributed by atoms with Crippen molar-refractivity contribution < 1.29 is 9.47 Å². The molecule has 3 rings (SSSR count). The van der Waals surface area contributed by atoms with Crippen LogP contribution >= 0.6 is 11.3 Å². The van der Waals surface area contributed by atoms with Gasteiger partial charge in [-0.15, -0.1) is 11.3 Å². The monoisotopic (exact) mass is 303 g/mol. The number of fused-ring (bicyclic) bond motifs is 1. The summed E-state index contributed by atoms with van der Waals surface area (Å²) in [5, 5.41) is 0. The maximum absolute atomic E-state index is 6.17. The number of rotatable bonds is 3. The van der Waals surface area contributed by atoms with Crippen molar-refractivity contribution in [2.45, 2.75) is 13.8 Å². The Balaban J connectivity index is 2.27. The van der Waals surface area contributed by atoms with Crippen molar-refractivity contribution in [3.05, 3.63) is 28.8 Å². The first kappa shape index (κ1) is 13.8. The largest absolute Gasteiger partial charge is 0.493 e. The zero-order valence-electron chi connectivity index (χ0n) is 12.4. The third kappa shape index (κ3) is 2.03. The van der Waals surface area contributed by atoms with E-state index in [-0.39, 0.29) is 0 Å². The summed E-state index contributed by atoms with van der Waals surface area (Å²) in [4.78, 5) is 6.57. The SMILES string of the molecule is COc1ccc(-c2c(C)sc3nc(C)c(N)n23)cc1OC. The fraction of sp³-hybridized carbons (Fsp3) is 0.267. The summed E-state index contributed by atoms with van der Waals surface area (Å²) in [6.07, 6.45) is 0. The van der Waals surface area contributed by atoms with Crippen LogP contribution in [0.1, 0.15) is 10.6 Å². The molecule has 0 fully saturated rings. The molecule has 0 unspecified atom stereocenters. The Morgan fingerprint density at radius 1 is 1.14 bits per heavy atom. The van der Waals surface area contributed by atoms with Crippen LogP contribution in [0, 0.1) is 13.8 Å². The number of aromatic nitrogens is 2. The first-order valence-electron chi connectivity index (χ1n) is 6.53. The maximum Gasteiger partial charge on any atom is 0.196 e. The summed E-state index contributed by atoms with van der Waals surface area (Å²) in [7, 11) is 3.26. The molecule has 1 aromatic carbocycles. The molecule has 5 nitrogen and oxygen atoms in total. The molecule has 0 aliphatic rings. The number of methoxy groups -OCH3 is 2. The van der Waals surface area contributed by atoms with Crippen molar-refractivity contribution in [2.75, 3.05) is 20.0 Å². The van der Waals surface area contributed by atoms with Crippen molar-refractivity contribution in [1.82, 2.24) is 9.38 Å². The number of nitrogen functional groups attached to an aromatic ring is 1. The Morgan fingerprint density at radius 3 is 2.52 bits per heavy atom. The lowest BCUT2D eigenvalue weighted by molar-refractivity contribution is 0.355.